The topological polar surface area (TPSA) is 102 Å². The first-order valence-electron chi connectivity index (χ1n) is 9.38. The van der Waals surface area contributed by atoms with E-state index in [-0.39, 0.29) is 5.91 Å². The molecule has 1 aliphatic heterocycles. The molecule has 0 saturated heterocycles. The summed E-state index contributed by atoms with van der Waals surface area (Å²) in [5.41, 5.74) is 7.86. The number of nitrogens with one attached hydrogen (secondary N) is 1. The largest absolute Gasteiger partial charge is 0.597 e. The number of nitrogens with zero attached hydrogens (tertiary/aromatic N) is 3. The first kappa shape index (κ1) is 21.4. The SMILES string of the molecule is C=Cc1ncn(CCNC(=O)C2=[N+](C(=O)OC(C)(C)C)CCC2)c1/C=C(\C)N. The normalized spacial score (nSPS) is 14.9. The third kappa shape index (κ3) is 5.55. The molecular formula is C20H30N5O3+. The van der Waals surface area contributed by atoms with Crippen LogP contribution in [0.4, 0.5) is 4.79 Å². The molecule has 8 heteroatoms. The molecule has 0 aromatic carbocycles. The predicted octanol–water partition coefficient (Wildman–Crippen LogP) is 2.14. The van der Waals surface area contributed by atoms with E-state index >= 15 is 0 Å². The Hall–Kier alpha value is -2.90. The highest BCUT2D eigenvalue weighted by molar-refractivity contribution is 6.37. The molecule has 1 aromatic rings. The monoisotopic (exact) mass is 388 g/mol. The Morgan fingerprint density at radius 2 is 2.18 bits per heavy atom. The zero-order valence-electron chi connectivity index (χ0n) is 17.1. The Morgan fingerprint density at radius 3 is 2.79 bits per heavy atom. The number of imidazole rings is 1. The molecular weight excluding hydrogens is 358 g/mol. The second-order valence-electron chi connectivity index (χ2n) is 7.74. The minimum atomic E-state index is -0.601. The van der Waals surface area contributed by atoms with Gasteiger partial charge in [0.15, 0.2) is 6.54 Å². The van der Waals surface area contributed by atoms with E-state index in [0.717, 1.165) is 17.8 Å². The standard InChI is InChI=1S/C20H29N5O3/c1-6-15-17(12-14(2)21)24(13-23-15)11-9-22-18(26)16-8-7-10-25(16)19(27)28-20(3,4)5/h6,12-13H,1,7-11,21H2,2-5H3/p+1/b14-12+. The van der Waals surface area contributed by atoms with Gasteiger partial charge in [0, 0.05) is 31.6 Å². The minimum Gasteiger partial charge on any atom is -0.406 e. The van der Waals surface area contributed by atoms with Gasteiger partial charge >= 0.3 is 12.0 Å². The number of carbonyl (C=O) groups is 2. The first-order valence-corrected chi connectivity index (χ1v) is 9.38. The van der Waals surface area contributed by atoms with Gasteiger partial charge in [-0.15, -0.1) is 4.58 Å². The van der Waals surface area contributed by atoms with E-state index in [1.165, 1.54) is 4.58 Å². The molecule has 0 unspecified atom stereocenters. The van der Waals surface area contributed by atoms with Crippen LogP contribution in [0.2, 0.25) is 0 Å². The Balaban J connectivity index is 2.03. The summed E-state index contributed by atoms with van der Waals surface area (Å²) < 4.78 is 8.72. The highest BCUT2D eigenvalue weighted by Gasteiger charge is 2.37. The summed E-state index contributed by atoms with van der Waals surface area (Å²) in [5.74, 6) is -0.250. The van der Waals surface area contributed by atoms with Crippen LogP contribution in [0.5, 0.6) is 0 Å². The van der Waals surface area contributed by atoms with Gasteiger partial charge in [0.05, 0.1) is 17.7 Å². The van der Waals surface area contributed by atoms with Gasteiger partial charge < -0.3 is 20.4 Å². The second kappa shape index (κ2) is 8.86. The van der Waals surface area contributed by atoms with Crippen LogP contribution in [0.15, 0.2) is 18.6 Å². The number of ether oxygens (including phenoxy) is 1. The Kier molecular flexibility index (Phi) is 6.77. The number of aromatic nitrogens is 2. The number of rotatable bonds is 6. The lowest BCUT2D eigenvalue weighted by molar-refractivity contribution is -0.441. The van der Waals surface area contributed by atoms with E-state index in [2.05, 4.69) is 16.9 Å². The van der Waals surface area contributed by atoms with E-state index in [9.17, 15) is 9.59 Å². The van der Waals surface area contributed by atoms with Crippen molar-refractivity contribution in [2.45, 2.75) is 52.7 Å². The Bertz CT molecular complexity index is 823. The maximum atomic E-state index is 12.6. The van der Waals surface area contributed by atoms with Crippen molar-refractivity contribution in [1.29, 1.82) is 0 Å². The number of carbonyl (C=O) groups excluding carboxylic acids is 2. The zero-order chi connectivity index (χ0) is 20.9. The van der Waals surface area contributed by atoms with Crippen molar-refractivity contribution in [2.24, 2.45) is 5.73 Å². The third-order valence-electron chi connectivity index (χ3n) is 4.10. The van der Waals surface area contributed by atoms with Crippen molar-refractivity contribution in [2.75, 3.05) is 13.1 Å². The smallest absolute Gasteiger partial charge is 0.406 e. The maximum Gasteiger partial charge on any atom is 0.597 e. The summed E-state index contributed by atoms with van der Waals surface area (Å²) in [6.07, 6.45) is 5.99. The zero-order valence-corrected chi connectivity index (χ0v) is 17.1. The Morgan fingerprint density at radius 1 is 1.46 bits per heavy atom. The summed E-state index contributed by atoms with van der Waals surface area (Å²) >= 11 is 0. The summed E-state index contributed by atoms with van der Waals surface area (Å²) in [6.45, 7) is 12.4. The summed E-state index contributed by atoms with van der Waals surface area (Å²) in [4.78, 5) is 29.2. The number of allylic oxidation sites excluding steroid dienone is 1. The van der Waals surface area contributed by atoms with Crippen molar-refractivity contribution in [3.63, 3.8) is 0 Å². The van der Waals surface area contributed by atoms with Crippen molar-refractivity contribution in [3.8, 4) is 0 Å². The van der Waals surface area contributed by atoms with Crippen molar-refractivity contribution in [1.82, 2.24) is 14.9 Å². The summed E-state index contributed by atoms with van der Waals surface area (Å²) in [6, 6.07) is 0. The molecule has 0 fully saturated rings. The van der Waals surface area contributed by atoms with Gasteiger partial charge in [-0.1, -0.05) is 6.58 Å². The number of hydrogen-bond acceptors (Lipinski definition) is 5. The third-order valence-corrected chi connectivity index (χ3v) is 4.10. The van der Waals surface area contributed by atoms with Crippen LogP contribution in [0.3, 0.4) is 0 Å². The van der Waals surface area contributed by atoms with Crippen LogP contribution < -0.4 is 11.1 Å². The van der Waals surface area contributed by atoms with Gasteiger partial charge in [0.2, 0.25) is 0 Å². The van der Waals surface area contributed by atoms with Crippen molar-refractivity contribution in [3.05, 3.63) is 30.0 Å². The van der Waals surface area contributed by atoms with E-state index in [1.807, 2.05) is 10.6 Å². The van der Waals surface area contributed by atoms with E-state index in [4.69, 9.17) is 10.5 Å². The number of amides is 2. The molecule has 1 aliphatic rings. The van der Waals surface area contributed by atoms with Crippen molar-refractivity contribution >= 4 is 29.9 Å². The Labute approximate surface area is 165 Å². The molecule has 0 aliphatic carbocycles. The lowest BCUT2D eigenvalue weighted by Gasteiger charge is -2.16. The quantitative estimate of drug-likeness (QED) is 0.727. The lowest BCUT2D eigenvalue weighted by atomic mass is 10.2. The molecule has 1 aromatic heterocycles. The minimum absolute atomic E-state index is 0.250. The average Bonchev–Trinajstić information content (AvgIpc) is 3.20. The van der Waals surface area contributed by atoms with Crippen LogP contribution >= 0.6 is 0 Å². The molecule has 152 valence electrons. The fourth-order valence-electron chi connectivity index (χ4n) is 2.94. The molecule has 8 nitrogen and oxygen atoms in total. The summed E-state index contributed by atoms with van der Waals surface area (Å²) in [5, 5.41) is 2.88. The van der Waals surface area contributed by atoms with Crippen molar-refractivity contribution < 1.29 is 18.9 Å². The molecule has 0 radical (unpaired) electrons. The molecule has 2 amide bonds. The van der Waals surface area contributed by atoms with E-state index < -0.39 is 11.7 Å². The van der Waals surface area contributed by atoms with Crippen LogP contribution in [0.25, 0.3) is 12.2 Å². The molecule has 3 N–H and O–H groups in total. The van der Waals surface area contributed by atoms with Gasteiger partial charge in [-0.3, -0.25) is 4.79 Å². The van der Waals surface area contributed by atoms with Crippen LogP contribution in [-0.2, 0) is 16.1 Å². The van der Waals surface area contributed by atoms with Gasteiger partial charge in [0.1, 0.15) is 5.60 Å². The molecule has 0 spiro atoms. The lowest BCUT2D eigenvalue weighted by Crippen LogP contribution is -2.39. The van der Waals surface area contributed by atoms with Crippen LogP contribution in [0, 0.1) is 0 Å². The van der Waals surface area contributed by atoms with Gasteiger partial charge in [-0.25, -0.2) is 4.98 Å². The average molecular weight is 388 g/mol. The second-order valence-corrected chi connectivity index (χ2v) is 7.74. The van der Waals surface area contributed by atoms with Gasteiger partial charge in [-0.05, 0) is 39.8 Å². The van der Waals surface area contributed by atoms with Gasteiger partial charge in [-0.2, -0.15) is 4.79 Å². The highest BCUT2D eigenvalue weighted by Crippen LogP contribution is 2.14. The predicted molar refractivity (Wildman–Crippen MR) is 109 cm³/mol. The molecule has 0 atom stereocenters. The summed E-state index contributed by atoms with van der Waals surface area (Å²) in [7, 11) is 0. The molecule has 28 heavy (non-hydrogen) atoms. The maximum absolute atomic E-state index is 12.6. The first-order chi connectivity index (χ1) is 13.1. The fraction of sp³-hybridized carbons (Fsp3) is 0.500. The molecule has 0 bridgehead atoms. The highest BCUT2D eigenvalue weighted by atomic mass is 16.6. The van der Waals surface area contributed by atoms with E-state index in [1.54, 1.807) is 40.1 Å². The van der Waals surface area contributed by atoms with Crippen LogP contribution in [0.1, 0.15) is 51.9 Å². The van der Waals surface area contributed by atoms with Gasteiger partial charge in [0.25, 0.3) is 5.71 Å². The molecule has 0 saturated carbocycles. The van der Waals surface area contributed by atoms with Crippen LogP contribution in [-0.4, -0.2) is 50.5 Å². The fourth-order valence-corrected chi connectivity index (χ4v) is 2.94. The molecule has 2 heterocycles. The number of nitrogens with two attached hydrogens (primary N) is 1. The molecule has 2 rings (SSSR count). The number of hydrogen-bond donors (Lipinski definition) is 2. The van der Waals surface area contributed by atoms with E-state index in [0.29, 0.717) is 37.5 Å².